The molecule has 4 rings (SSSR count). The number of fused-ring (bicyclic) bond motifs is 3. The molecule has 0 spiro atoms. The molecule has 3 unspecified atom stereocenters. The number of amides is 1. The third-order valence-corrected chi connectivity index (χ3v) is 6.70. The Balaban J connectivity index is 1.98. The molecule has 11 heteroatoms. The number of phenolic OH excluding ortho intramolecular Hbond substituents is 1. The van der Waals surface area contributed by atoms with Gasteiger partial charge in [0.15, 0.2) is 17.1 Å². The number of carbonyl (C=O) groups excluding carboxylic acids is 3. The number of nitrogen functional groups attached to an aromatic ring is 1. The number of Topliss-reactive ketones (excluding diaryl/α,β-unsaturated/α-hetero) is 2. The Kier molecular flexibility index (Phi) is 4.61. The zero-order chi connectivity index (χ0) is 23.9. The van der Waals surface area contributed by atoms with Crippen molar-refractivity contribution in [2.75, 3.05) is 19.8 Å². The Morgan fingerprint density at radius 2 is 1.88 bits per heavy atom. The summed E-state index contributed by atoms with van der Waals surface area (Å²) < 4.78 is 14.1. The van der Waals surface area contributed by atoms with Crippen molar-refractivity contribution >= 4 is 23.2 Å². The van der Waals surface area contributed by atoms with E-state index in [9.17, 15) is 39.2 Å². The van der Waals surface area contributed by atoms with Gasteiger partial charge in [-0.05, 0) is 44.5 Å². The first-order chi connectivity index (χ1) is 14.8. The number of allylic oxidation sites excluding steroid dienone is 1. The molecule has 3 aliphatic carbocycles. The summed E-state index contributed by atoms with van der Waals surface area (Å²) in [6.07, 6.45) is -0.0716. The standard InChI is InChI=1S/C21H22FN3O7/c1-25(2)14-8-4-6-3-7-5-9(22)13(23)16(27)10(7)15(26)11(6)18(29)21(8,32)19(30)12(17(14)28)20(24)31/h5-6,8,14,27-29,32H,3-4,23H2,1-2H3,(H2,24,31)/t6?,8?,14-,21?/m0/s1. The normalized spacial score (nSPS) is 29.7. The number of hydrogen-bond donors (Lipinski definition) is 6. The minimum atomic E-state index is -2.72. The first-order valence-corrected chi connectivity index (χ1v) is 9.78. The van der Waals surface area contributed by atoms with E-state index in [1.807, 2.05) is 0 Å². The number of aliphatic hydroxyl groups is 3. The summed E-state index contributed by atoms with van der Waals surface area (Å²) >= 11 is 0. The summed E-state index contributed by atoms with van der Waals surface area (Å²) in [5.74, 6) is -8.79. The van der Waals surface area contributed by atoms with Gasteiger partial charge in [-0.1, -0.05) is 0 Å². The maximum Gasteiger partial charge on any atom is 0.255 e. The van der Waals surface area contributed by atoms with Crippen LogP contribution in [0.15, 0.2) is 28.7 Å². The third kappa shape index (κ3) is 2.55. The van der Waals surface area contributed by atoms with Gasteiger partial charge in [-0.15, -0.1) is 0 Å². The van der Waals surface area contributed by atoms with Crippen LogP contribution >= 0.6 is 0 Å². The number of anilines is 1. The summed E-state index contributed by atoms with van der Waals surface area (Å²) in [7, 11) is 3.06. The molecule has 0 radical (unpaired) electrons. The van der Waals surface area contributed by atoms with Crippen molar-refractivity contribution < 1.29 is 39.2 Å². The Hall–Kier alpha value is -3.44. The van der Waals surface area contributed by atoms with E-state index in [0.29, 0.717) is 0 Å². The largest absolute Gasteiger partial charge is 0.510 e. The molecule has 0 bridgehead atoms. The van der Waals surface area contributed by atoms with Gasteiger partial charge >= 0.3 is 0 Å². The lowest BCUT2D eigenvalue weighted by atomic mass is 9.58. The highest BCUT2D eigenvalue weighted by Crippen LogP contribution is 2.52. The number of benzene rings is 1. The lowest BCUT2D eigenvalue weighted by Crippen LogP contribution is -2.63. The molecular formula is C21H22FN3O7. The van der Waals surface area contributed by atoms with Crippen molar-refractivity contribution in [3.63, 3.8) is 0 Å². The molecule has 8 N–H and O–H groups in total. The van der Waals surface area contributed by atoms with Crippen LogP contribution in [0, 0.1) is 17.7 Å². The minimum absolute atomic E-state index is 0.000696. The van der Waals surface area contributed by atoms with Crippen LogP contribution in [0.1, 0.15) is 22.3 Å². The predicted molar refractivity (Wildman–Crippen MR) is 108 cm³/mol. The van der Waals surface area contributed by atoms with E-state index < -0.39 is 75.3 Å². The number of halogens is 1. The Morgan fingerprint density at radius 3 is 2.44 bits per heavy atom. The van der Waals surface area contributed by atoms with Gasteiger partial charge < -0.3 is 31.9 Å². The summed E-state index contributed by atoms with van der Waals surface area (Å²) in [6, 6.07) is -0.0634. The first kappa shape index (κ1) is 21.8. The Labute approximate surface area is 181 Å². The number of phenols is 1. The fourth-order valence-electron chi connectivity index (χ4n) is 5.29. The van der Waals surface area contributed by atoms with Gasteiger partial charge in [0.1, 0.15) is 28.6 Å². The average Bonchev–Trinajstić information content (AvgIpc) is 2.68. The molecule has 10 nitrogen and oxygen atoms in total. The van der Waals surface area contributed by atoms with E-state index in [2.05, 4.69) is 0 Å². The second-order valence-electron chi connectivity index (χ2n) is 8.62. The number of rotatable bonds is 2. The number of aromatic hydroxyl groups is 1. The maximum absolute atomic E-state index is 14.1. The van der Waals surface area contributed by atoms with Gasteiger partial charge in [-0.25, -0.2) is 4.39 Å². The number of nitrogens with two attached hydrogens (primary N) is 2. The second kappa shape index (κ2) is 6.78. The Bertz CT molecular complexity index is 1170. The van der Waals surface area contributed by atoms with Gasteiger partial charge in [-0.3, -0.25) is 19.3 Å². The van der Waals surface area contributed by atoms with Crippen LogP contribution in [-0.4, -0.2) is 68.5 Å². The number of primary amides is 1. The van der Waals surface area contributed by atoms with Crippen molar-refractivity contribution in [3.05, 3.63) is 45.7 Å². The molecule has 170 valence electrons. The fraction of sp³-hybridized carbons (Fsp3) is 0.381. The van der Waals surface area contributed by atoms with Crippen LogP contribution in [0.5, 0.6) is 5.75 Å². The molecule has 1 aromatic carbocycles. The predicted octanol–water partition coefficient (Wildman–Crippen LogP) is -0.158. The molecule has 0 aromatic heterocycles. The van der Waals surface area contributed by atoms with Gasteiger partial charge in [0.05, 0.1) is 11.6 Å². The number of aliphatic hydroxyl groups excluding tert-OH is 2. The molecule has 4 atom stereocenters. The smallest absolute Gasteiger partial charge is 0.255 e. The van der Waals surface area contributed by atoms with Gasteiger partial charge in [0.25, 0.3) is 5.91 Å². The van der Waals surface area contributed by atoms with Crippen LogP contribution in [0.25, 0.3) is 0 Å². The SMILES string of the molecule is CN(C)[C@@H]1C(O)=C(C(N)=O)C(=O)C2(O)C(O)=C3C(=O)c4c(cc(F)c(N)c4O)CC3CC12. The molecule has 0 aliphatic heterocycles. The molecular weight excluding hydrogens is 425 g/mol. The zero-order valence-corrected chi connectivity index (χ0v) is 17.2. The van der Waals surface area contributed by atoms with Gasteiger partial charge in [0.2, 0.25) is 5.78 Å². The van der Waals surface area contributed by atoms with Crippen molar-refractivity contribution in [1.82, 2.24) is 4.90 Å². The van der Waals surface area contributed by atoms with E-state index in [4.69, 9.17) is 11.5 Å². The maximum atomic E-state index is 14.1. The quantitative estimate of drug-likeness (QED) is 0.203. The minimum Gasteiger partial charge on any atom is -0.510 e. The molecule has 0 saturated heterocycles. The average molecular weight is 447 g/mol. The van der Waals surface area contributed by atoms with Crippen molar-refractivity contribution in [3.8, 4) is 5.75 Å². The summed E-state index contributed by atoms with van der Waals surface area (Å²) in [5, 5.41) is 43.4. The van der Waals surface area contributed by atoms with E-state index >= 15 is 0 Å². The third-order valence-electron chi connectivity index (χ3n) is 6.70. The number of carbonyl (C=O) groups is 3. The summed E-state index contributed by atoms with van der Waals surface area (Å²) in [5.41, 5.74) is 6.01. The monoisotopic (exact) mass is 447 g/mol. The molecule has 1 aromatic rings. The highest BCUT2D eigenvalue weighted by atomic mass is 19.1. The highest BCUT2D eigenvalue weighted by Gasteiger charge is 2.63. The van der Waals surface area contributed by atoms with Crippen LogP contribution in [0.3, 0.4) is 0 Å². The van der Waals surface area contributed by atoms with Crippen LogP contribution in [0.4, 0.5) is 10.1 Å². The van der Waals surface area contributed by atoms with Gasteiger partial charge in [-0.2, -0.15) is 0 Å². The molecule has 1 amide bonds. The van der Waals surface area contributed by atoms with Gasteiger partial charge in [0, 0.05) is 11.5 Å². The zero-order valence-electron chi connectivity index (χ0n) is 17.2. The second-order valence-corrected chi connectivity index (χ2v) is 8.62. The first-order valence-electron chi connectivity index (χ1n) is 9.78. The van der Waals surface area contributed by atoms with Crippen LogP contribution < -0.4 is 11.5 Å². The topological polar surface area (TPSA) is 187 Å². The molecule has 3 aliphatic rings. The number of ketones is 2. The molecule has 0 heterocycles. The lowest BCUT2D eigenvalue weighted by molar-refractivity contribution is -0.148. The van der Waals surface area contributed by atoms with E-state index in [0.717, 1.165) is 6.07 Å². The fourth-order valence-corrected chi connectivity index (χ4v) is 5.29. The molecule has 0 fully saturated rings. The van der Waals surface area contributed by atoms with Crippen molar-refractivity contribution in [1.29, 1.82) is 0 Å². The number of hydrogen-bond acceptors (Lipinski definition) is 9. The number of likely N-dealkylation sites (N-methyl/N-ethyl adjacent to an activating group) is 1. The van der Waals surface area contributed by atoms with Crippen LogP contribution in [0.2, 0.25) is 0 Å². The van der Waals surface area contributed by atoms with Crippen LogP contribution in [-0.2, 0) is 16.0 Å². The van der Waals surface area contributed by atoms with Crippen molar-refractivity contribution in [2.45, 2.75) is 24.5 Å². The Morgan fingerprint density at radius 1 is 1.25 bits per heavy atom. The summed E-state index contributed by atoms with van der Waals surface area (Å²) in [6.45, 7) is 0. The van der Waals surface area contributed by atoms with E-state index in [-0.39, 0.29) is 29.5 Å². The summed E-state index contributed by atoms with van der Waals surface area (Å²) in [4.78, 5) is 39.7. The van der Waals surface area contributed by atoms with Crippen molar-refractivity contribution in [2.24, 2.45) is 17.6 Å². The highest BCUT2D eigenvalue weighted by molar-refractivity contribution is 6.24. The molecule has 32 heavy (non-hydrogen) atoms. The van der Waals surface area contributed by atoms with E-state index in [1.165, 1.54) is 19.0 Å². The number of nitrogens with zero attached hydrogens (tertiary/aromatic N) is 1. The van der Waals surface area contributed by atoms with E-state index in [1.54, 1.807) is 0 Å². The molecule has 0 saturated carbocycles. The lowest BCUT2D eigenvalue weighted by Gasteiger charge is -2.50.